The Bertz CT molecular complexity index is 1030. The van der Waals surface area contributed by atoms with E-state index in [2.05, 4.69) is 29.4 Å². The first kappa shape index (κ1) is 27.5. The normalized spacial score (nSPS) is 14.9. The van der Waals surface area contributed by atoms with Crippen LogP contribution >= 0.6 is 0 Å². The molecule has 1 aliphatic rings. The highest BCUT2D eigenvalue weighted by Crippen LogP contribution is 2.38. The van der Waals surface area contributed by atoms with E-state index in [1.165, 1.54) is 12.5 Å². The van der Waals surface area contributed by atoms with E-state index in [-0.39, 0.29) is 12.5 Å². The van der Waals surface area contributed by atoms with E-state index in [0.29, 0.717) is 35.0 Å². The van der Waals surface area contributed by atoms with Gasteiger partial charge in [-0.15, -0.1) is 0 Å². The lowest BCUT2D eigenvalue weighted by molar-refractivity contribution is -0.137. The van der Waals surface area contributed by atoms with E-state index in [1.807, 2.05) is 38.1 Å². The first-order chi connectivity index (χ1) is 17.2. The Balaban J connectivity index is 2.02. The fourth-order valence-electron chi connectivity index (χ4n) is 5.07. The van der Waals surface area contributed by atoms with E-state index in [9.17, 15) is 14.7 Å². The number of carbonyl (C=O) groups is 2. The van der Waals surface area contributed by atoms with Crippen molar-refractivity contribution in [1.82, 2.24) is 0 Å². The number of aliphatic carboxylic acids is 1. The van der Waals surface area contributed by atoms with Crippen molar-refractivity contribution >= 4 is 29.1 Å². The molecule has 1 atom stereocenters. The molecule has 36 heavy (non-hydrogen) atoms. The minimum Gasteiger partial charge on any atom is -0.481 e. The highest BCUT2D eigenvalue weighted by molar-refractivity contribution is 6.02. The van der Waals surface area contributed by atoms with Gasteiger partial charge in [-0.25, -0.2) is 9.18 Å². The summed E-state index contributed by atoms with van der Waals surface area (Å²) in [6, 6.07) is 10.5. The molecule has 1 aliphatic carbocycles. The summed E-state index contributed by atoms with van der Waals surface area (Å²) in [4.78, 5) is 26.7. The molecule has 1 saturated carbocycles. The van der Waals surface area contributed by atoms with Crippen molar-refractivity contribution in [3.63, 3.8) is 0 Å². The Kier molecular flexibility index (Phi) is 9.73. The number of amides is 2. The summed E-state index contributed by atoms with van der Waals surface area (Å²) < 4.78 is 15.6. The summed E-state index contributed by atoms with van der Waals surface area (Å²) in [5.74, 6) is -1.53. The SMILES string of the molecule is CCC(CC(=O)O)c1cc(NC(=O)Nc2ccc(C)cc2)c(N(CC(C)C)C2CCCCC2)cc1F. The van der Waals surface area contributed by atoms with Gasteiger partial charge in [0.15, 0.2) is 0 Å². The Morgan fingerprint density at radius 2 is 1.75 bits per heavy atom. The van der Waals surface area contributed by atoms with Gasteiger partial charge in [-0.1, -0.05) is 57.7 Å². The average Bonchev–Trinajstić information content (AvgIpc) is 2.84. The van der Waals surface area contributed by atoms with Gasteiger partial charge in [0, 0.05) is 18.3 Å². The molecule has 0 aromatic heterocycles. The standard InChI is InChI=1S/C29H40FN3O3/c1-5-21(15-28(34)35)24-16-26(32-29(36)31-22-13-11-20(4)12-14-22)27(17-25(24)30)33(18-19(2)3)23-9-7-6-8-10-23/h11-14,16-17,19,21,23H,5-10,15,18H2,1-4H3,(H,34,35)(H2,31,32,36). The van der Waals surface area contributed by atoms with Crippen molar-refractivity contribution < 1.29 is 19.1 Å². The van der Waals surface area contributed by atoms with Gasteiger partial charge < -0.3 is 20.6 Å². The third-order valence-corrected chi connectivity index (χ3v) is 6.91. The molecule has 0 heterocycles. The van der Waals surface area contributed by atoms with Crippen LogP contribution < -0.4 is 15.5 Å². The van der Waals surface area contributed by atoms with Gasteiger partial charge >= 0.3 is 12.0 Å². The number of urea groups is 1. The summed E-state index contributed by atoms with van der Waals surface area (Å²) in [5.41, 5.74) is 3.23. The zero-order valence-electron chi connectivity index (χ0n) is 21.9. The molecule has 2 aromatic rings. The summed E-state index contributed by atoms with van der Waals surface area (Å²) >= 11 is 0. The fourth-order valence-corrected chi connectivity index (χ4v) is 5.07. The first-order valence-electron chi connectivity index (χ1n) is 13.1. The van der Waals surface area contributed by atoms with Crippen molar-refractivity contribution in [1.29, 1.82) is 0 Å². The number of benzene rings is 2. The van der Waals surface area contributed by atoms with Crippen LogP contribution in [0.3, 0.4) is 0 Å². The highest BCUT2D eigenvalue weighted by Gasteiger charge is 2.27. The molecule has 7 heteroatoms. The number of hydrogen-bond acceptors (Lipinski definition) is 3. The molecule has 0 spiro atoms. The summed E-state index contributed by atoms with van der Waals surface area (Å²) in [6.45, 7) is 8.84. The molecule has 1 fully saturated rings. The van der Waals surface area contributed by atoms with Crippen LogP contribution in [0, 0.1) is 18.7 Å². The number of hydrogen-bond donors (Lipinski definition) is 3. The number of carboxylic acids is 1. The number of rotatable bonds is 10. The van der Waals surface area contributed by atoms with Gasteiger partial charge in [0.1, 0.15) is 5.82 Å². The predicted molar refractivity (Wildman–Crippen MR) is 145 cm³/mol. The second-order valence-electron chi connectivity index (χ2n) is 10.4. The van der Waals surface area contributed by atoms with Crippen LogP contribution in [0.2, 0.25) is 0 Å². The molecule has 3 rings (SSSR count). The van der Waals surface area contributed by atoms with Crippen LogP contribution in [0.15, 0.2) is 36.4 Å². The van der Waals surface area contributed by atoms with Gasteiger partial charge in [0.05, 0.1) is 17.8 Å². The maximum Gasteiger partial charge on any atom is 0.323 e. The zero-order valence-corrected chi connectivity index (χ0v) is 21.9. The number of carbonyl (C=O) groups excluding carboxylic acids is 1. The second kappa shape index (κ2) is 12.7. The lowest BCUT2D eigenvalue weighted by Crippen LogP contribution is -2.40. The lowest BCUT2D eigenvalue weighted by Gasteiger charge is -2.38. The van der Waals surface area contributed by atoms with Crippen molar-refractivity contribution in [3.8, 4) is 0 Å². The molecule has 0 bridgehead atoms. The Labute approximate surface area is 214 Å². The van der Waals surface area contributed by atoms with E-state index >= 15 is 4.39 Å². The topological polar surface area (TPSA) is 81.7 Å². The van der Waals surface area contributed by atoms with E-state index in [0.717, 1.165) is 37.8 Å². The minimum absolute atomic E-state index is 0.167. The Morgan fingerprint density at radius 3 is 2.33 bits per heavy atom. The highest BCUT2D eigenvalue weighted by atomic mass is 19.1. The minimum atomic E-state index is -0.972. The summed E-state index contributed by atoms with van der Waals surface area (Å²) in [5, 5.41) is 15.2. The number of nitrogens with one attached hydrogen (secondary N) is 2. The van der Waals surface area contributed by atoms with Crippen LogP contribution in [0.25, 0.3) is 0 Å². The molecular formula is C29H40FN3O3. The van der Waals surface area contributed by atoms with Crippen molar-refractivity contribution in [2.45, 2.75) is 84.6 Å². The van der Waals surface area contributed by atoms with Crippen molar-refractivity contribution in [2.24, 2.45) is 5.92 Å². The van der Waals surface area contributed by atoms with Gasteiger partial charge in [-0.3, -0.25) is 4.79 Å². The van der Waals surface area contributed by atoms with E-state index < -0.39 is 23.7 Å². The number of aryl methyl sites for hydroxylation is 1. The summed E-state index contributed by atoms with van der Waals surface area (Å²) in [6.07, 6.45) is 5.84. The molecule has 0 aliphatic heterocycles. The lowest BCUT2D eigenvalue weighted by atomic mass is 9.90. The molecule has 2 aromatic carbocycles. The molecule has 1 unspecified atom stereocenters. The first-order valence-corrected chi connectivity index (χ1v) is 13.1. The largest absolute Gasteiger partial charge is 0.481 e. The van der Waals surface area contributed by atoms with Crippen LogP contribution in [-0.4, -0.2) is 29.7 Å². The zero-order chi connectivity index (χ0) is 26.2. The van der Waals surface area contributed by atoms with Crippen molar-refractivity contribution in [2.75, 3.05) is 22.1 Å². The third-order valence-electron chi connectivity index (χ3n) is 6.91. The molecule has 2 amide bonds. The van der Waals surface area contributed by atoms with E-state index in [4.69, 9.17) is 0 Å². The van der Waals surface area contributed by atoms with Gasteiger partial charge in [-0.05, 0) is 67.9 Å². The number of anilines is 3. The second-order valence-corrected chi connectivity index (χ2v) is 10.4. The summed E-state index contributed by atoms with van der Waals surface area (Å²) in [7, 11) is 0. The Morgan fingerprint density at radius 1 is 1.08 bits per heavy atom. The van der Waals surface area contributed by atoms with Crippen molar-refractivity contribution in [3.05, 3.63) is 53.3 Å². The van der Waals surface area contributed by atoms with Crippen LogP contribution in [0.4, 0.5) is 26.2 Å². The quantitative estimate of drug-likeness (QED) is 0.317. The molecule has 0 saturated heterocycles. The molecule has 0 radical (unpaired) electrons. The Hall–Kier alpha value is -3.09. The number of carboxylic acid groups (broad SMARTS) is 1. The van der Waals surface area contributed by atoms with Gasteiger partial charge in [0.2, 0.25) is 0 Å². The molecule has 3 N–H and O–H groups in total. The maximum atomic E-state index is 15.6. The molecule has 6 nitrogen and oxygen atoms in total. The van der Waals surface area contributed by atoms with Crippen LogP contribution in [0.5, 0.6) is 0 Å². The monoisotopic (exact) mass is 497 g/mol. The predicted octanol–water partition coefficient (Wildman–Crippen LogP) is 7.54. The molecule has 196 valence electrons. The van der Waals surface area contributed by atoms with Crippen LogP contribution in [-0.2, 0) is 4.79 Å². The average molecular weight is 498 g/mol. The van der Waals surface area contributed by atoms with E-state index in [1.54, 1.807) is 6.07 Å². The number of halogens is 1. The molecular weight excluding hydrogens is 457 g/mol. The van der Waals surface area contributed by atoms with Crippen LogP contribution in [0.1, 0.15) is 82.8 Å². The maximum absolute atomic E-state index is 15.6. The number of nitrogens with zero attached hydrogens (tertiary/aromatic N) is 1. The fraction of sp³-hybridized carbons (Fsp3) is 0.517. The van der Waals surface area contributed by atoms with Gasteiger partial charge in [0.25, 0.3) is 0 Å². The smallest absolute Gasteiger partial charge is 0.323 e. The van der Waals surface area contributed by atoms with Gasteiger partial charge in [-0.2, -0.15) is 0 Å². The third kappa shape index (κ3) is 7.45.